The highest BCUT2D eigenvalue weighted by atomic mass is 35.5. The summed E-state index contributed by atoms with van der Waals surface area (Å²) in [5, 5.41) is 3.90. The lowest BCUT2D eigenvalue weighted by atomic mass is 10.3. The van der Waals surface area contributed by atoms with Crippen molar-refractivity contribution in [2.24, 2.45) is 4.99 Å². The zero-order valence-corrected chi connectivity index (χ0v) is 13.6. The lowest BCUT2D eigenvalue weighted by molar-refractivity contribution is 0.319. The fourth-order valence-corrected chi connectivity index (χ4v) is 2.04. The molecule has 0 atom stereocenters. The second-order valence-electron chi connectivity index (χ2n) is 4.61. The fourth-order valence-electron chi connectivity index (χ4n) is 1.85. The molecule has 21 heavy (non-hydrogen) atoms. The summed E-state index contributed by atoms with van der Waals surface area (Å²) in [4.78, 5) is 6.35. The van der Waals surface area contributed by atoms with Crippen LogP contribution >= 0.6 is 11.6 Å². The molecule has 0 spiro atoms. The van der Waals surface area contributed by atoms with Crippen LogP contribution in [0.5, 0.6) is 5.75 Å². The number of hydrogen-bond acceptors (Lipinski definition) is 2. The molecule has 0 aliphatic heterocycles. The number of nitrogens with zero attached hydrogens (tertiary/aromatic N) is 2. The van der Waals surface area contributed by atoms with Crippen LogP contribution in [0.15, 0.2) is 41.9 Å². The molecule has 1 aromatic rings. The Kier molecular flexibility index (Phi) is 8.36. The molecule has 0 aromatic heterocycles. The van der Waals surface area contributed by atoms with Crippen LogP contribution in [0.4, 0.5) is 0 Å². The van der Waals surface area contributed by atoms with Gasteiger partial charge in [-0.2, -0.15) is 0 Å². The van der Waals surface area contributed by atoms with E-state index in [0.29, 0.717) is 23.9 Å². The van der Waals surface area contributed by atoms with E-state index in [1.807, 2.05) is 37.4 Å². The first-order valence-corrected chi connectivity index (χ1v) is 7.47. The second-order valence-corrected chi connectivity index (χ2v) is 5.01. The molecule has 0 fully saturated rings. The van der Waals surface area contributed by atoms with E-state index in [9.17, 15) is 0 Å². The molecule has 0 heterocycles. The van der Waals surface area contributed by atoms with Gasteiger partial charge in [0.15, 0.2) is 5.96 Å². The van der Waals surface area contributed by atoms with Crippen molar-refractivity contribution in [1.29, 1.82) is 0 Å². The van der Waals surface area contributed by atoms with Crippen molar-refractivity contribution >= 4 is 17.6 Å². The van der Waals surface area contributed by atoms with Gasteiger partial charge in [0.25, 0.3) is 0 Å². The maximum Gasteiger partial charge on any atom is 0.193 e. The Bertz CT molecular complexity index is 463. The average Bonchev–Trinajstić information content (AvgIpc) is 2.49. The van der Waals surface area contributed by atoms with Crippen molar-refractivity contribution in [2.75, 3.05) is 33.8 Å². The van der Waals surface area contributed by atoms with Gasteiger partial charge in [-0.1, -0.05) is 29.8 Å². The number of allylic oxidation sites excluding steroid dienone is 1. The largest absolute Gasteiger partial charge is 0.490 e. The first-order valence-electron chi connectivity index (χ1n) is 7.09. The van der Waals surface area contributed by atoms with Crippen LogP contribution in [-0.2, 0) is 0 Å². The minimum absolute atomic E-state index is 0.531. The van der Waals surface area contributed by atoms with Crippen LogP contribution < -0.4 is 10.1 Å². The number of ether oxygens (including phenoxy) is 1. The number of nitrogens with one attached hydrogen (secondary N) is 1. The highest BCUT2D eigenvalue weighted by Crippen LogP contribution is 2.22. The van der Waals surface area contributed by atoms with E-state index in [-0.39, 0.29) is 0 Å². The van der Waals surface area contributed by atoms with Crippen LogP contribution in [0, 0.1) is 0 Å². The summed E-state index contributed by atoms with van der Waals surface area (Å²) in [6.07, 6.45) is 4.01. The molecule has 1 N–H and O–H groups in total. The summed E-state index contributed by atoms with van der Waals surface area (Å²) in [5.41, 5.74) is 0. The van der Waals surface area contributed by atoms with E-state index in [1.165, 1.54) is 0 Å². The van der Waals surface area contributed by atoms with Gasteiger partial charge in [0.05, 0.1) is 11.6 Å². The topological polar surface area (TPSA) is 36.9 Å². The average molecular weight is 310 g/mol. The monoisotopic (exact) mass is 309 g/mol. The Morgan fingerprint density at radius 2 is 2.24 bits per heavy atom. The van der Waals surface area contributed by atoms with Gasteiger partial charge >= 0.3 is 0 Å². The van der Waals surface area contributed by atoms with Gasteiger partial charge in [0.2, 0.25) is 0 Å². The molecule has 1 rings (SSSR count). The Hall–Kier alpha value is -1.68. The number of aliphatic imine (C=N–C) groups is 1. The van der Waals surface area contributed by atoms with Crippen molar-refractivity contribution in [3.05, 3.63) is 41.9 Å². The zero-order valence-electron chi connectivity index (χ0n) is 12.8. The zero-order chi connectivity index (χ0) is 15.5. The van der Waals surface area contributed by atoms with Crippen molar-refractivity contribution in [3.63, 3.8) is 0 Å². The molecule has 0 aliphatic carbocycles. The molecule has 1 aromatic carbocycles. The Balaban J connectivity index is 2.29. The Morgan fingerprint density at radius 3 is 2.90 bits per heavy atom. The predicted molar refractivity (Wildman–Crippen MR) is 90.4 cm³/mol. The summed E-state index contributed by atoms with van der Waals surface area (Å²) in [6, 6.07) is 7.46. The molecule has 0 saturated carbocycles. The van der Waals surface area contributed by atoms with E-state index >= 15 is 0 Å². The van der Waals surface area contributed by atoms with Crippen molar-refractivity contribution in [2.45, 2.75) is 12.8 Å². The standard InChI is InChI=1S/C16H24ClN3O/c1-4-5-8-12-20(3)16(18-2)19-11-13-21-15-10-7-6-9-14(15)17/h4,6-7,9-10H,1,5,8,11-13H2,2-3H3,(H,18,19). The summed E-state index contributed by atoms with van der Waals surface area (Å²) in [7, 11) is 3.80. The van der Waals surface area contributed by atoms with Gasteiger partial charge < -0.3 is 15.0 Å². The van der Waals surface area contributed by atoms with Crippen molar-refractivity contribution in [3.8, 4) is 5.75 Å². The molecule has 116 valence electrons. The quantitative estimate of drug-likeness (QED) is 0.347. The molecular formula is C16H24ClN3O. The number of halogens is 1. The summed E-state index contributed by atoms with van der Waals surface area (Å²) in [6.45, 7) is 5.87. The van der Waals surface area contributed by atoms with Gasteiger partial charge in [-0.3, -0.25) is 4.99 Å². The first kappa shape index (κ1) is 17.4. The lowest BCUT2D eigenvalue weighted by Gasteiger charge is -2.21. The fraction of sp³-hybridized carbons (Fsp3) is 0.438. The molecule has 0 bridgehead atoms. The lowest BCUT2D eigenvalue weighted by Crippen LogP contribution is -2.41. The molecule has 0 saturated heterocycles. The third-order valence-corrected chi connectivity index (χ3v) is 3.27. The van der Waals surface area contributed by atoms with Crippen LogP contribution in [0.25, 0.3) is 0 Å². The van der Waals surface area contributed by atoms with Crippen LogP contribution in [-0.4, -0.2) is 44.7 Å². The van der Waals surface area contributed by atoms with E-state index in [4.69, 9.17) is 16.3 Å². The van der Waals surface area contributed by atoms with Crippen molar-refractivity contribution < 1.29 is 4.74 Å². The number of unbranched alkanes of at least 4 members (excludes halogenated alkanes) is 1. The SMILES string of the molecule is C=CCCCN(C)C(=NC)NCCOc1ccccc1Cl. The number of hydrogen-bond donors (Lipinski definition) is 1. The highest BCUT2D eigenvalue weighted by molar-refractivity contribution is 6.32. The highest BCUT2D eigenvalue weighted by Gasteiger charge is 2.05. The van der Waals surface area contributed by atoms with Gasteiger partial charge in [-0.05, 0) is 25.0 Å². The molecule has 0 unspecified atom stereocenters. The Morgan fingerprint density at radius 1 is 1.48 bits per heavy atom. The maximum atomic E-state index is 6.03. The summed E-state index contributed by atoms with van der Waals surface area (Å²) >= 11 is 6.03. The van der Waals surface area contributed by atoms with Gasteiger partial charge in [0, 0.05) is 20.6 Å². The number of benzene rings is 1. The minimum Gasteiger partial charge on any atom is -0.490 e. The molecule has 0 amide bonds. The maximum absolute atomic E-state index is 6.03. The number of para-hydroxylation sites is 1. The summed E-state index contributed by atoms with van der Waals surface area (Å²) in [5.74, 6) is 1.57. The van der Waals surface area contributed by atoms with Gasteiger partial charge in [-0.15, -0.1) is 6.58 Å². The second kappa shape index (κ2) is 10.1. The Labute approximate surface area is 132 Å². The molecule has 4 nitrogen and oxygen atoms in total. The van der Waals surface area contributed by atoms with E-state index in [0.717, 1.165) is 25.3 Å². The smallest absolute Gasteiger partial charge is 0.193 e. The normalized spacial score (nSPS) is 11.1. The minimum atomic E-state index is 0.531. The number of guanidine groups is 1. The molecular weight excluding hydrogens is 286 g/mol. The number of rotatable bonds is 8. The third-order valence-electron chi connectivity index (χ3n) is 2.95. The van der Waals surface area contributed by atoms with E-state index in [2.05, 4.69) is 21.8 Å². The van der Waals surface area contributed by atoms with Crippen LogP contribution in [0.2, 0.25) is 5.02 Å². The third kappa shape index (κ3) is 6.54. The van der Waals surface area contributed by atoms with Gasteiger partial charge in [-0.25, -0.2) is 0 Å². The van der Waals surface area contributed by atoms with Crippen LogP contribution in [0.3, 0.4) is 0 Å². The summed E-state index contributed by atoms with van der Waals surface area (Å²) < 4.78 is 5.63. The van der Waals surface area contributed by atoms with Crippen LogP contribution in [0.1, 0.15) is 12.8 Å². The molecule has 0 radical (unpaired) electrons. The van der Waals surface area contributed by atoms with E-state index in [1.54, 1.807) is 7.05 Å². The van der Waals surface area contributed by atoms with E-state index < -0.39 is 0 Å². The van der Waals surface area contributed by atoms with Crippen molar-refractivity contribution in [1.82, 2.24) is 10.2 Å². The molecule has 5 heteroatoms. The first-order chi connectivity index (χ1) is 10.2. The molecule has 0 aliphatic rings. The van der Waals surface area contributed by atoms with Gasteiger partial charge in [0.1, 0.15) is 12.4 Å². The predicted octanol–water partition coefficient (Wildman–Crippen LogP) is 3.19.